The lowest BCUT2D eigenvalue weighted by Gasteiger charge is -2.26. The summed E-state index contributed by atoms with van der Waals surface area (Å²) in [6, 6.07) is 7.87. The first-order chi connectivity index (χ1) is 16.8. The maximum Gasteiger partial charge on any atom is 0.234 e. The number of imide groups is 1. The number of carbonyl (C=O) groups is 2. The van der Waals surface area contributed by atoms with E-state index in [9.17, 15) is 9.59 Å². The van der Waals surface area contributed by atoms with Crippen LogP contribution in [-0.2, 0) is 16.1 Å². The van der Waals surface area contributed by atoms with Crippen molar-refractivity contribution in [3.05, 3.63) is 45.9 Å². The molecule has 3 aliphatic rings. The van der Waals surface area contributed by atoms with Gasteiger partial charge in [0.15, 0.2) is 0 Å². The summed E-state index contributed by atoms with van der Waals surface area (Å²) in [5.74, 6) is 0.427. The molecular formula is C27H28ClN3O3S. The minimum Gasteiger partial charge on any atom is -0.488 e. The summed E-state index contributed by atoms with van der Waals surface area (Å²) in [6.07, 6.45) is 4.01. The van der Waals surface area contributed by atoms with Crippen LogP contribution in [0.5, 0.6) is 5.75 Å². The maximum atomic E-state index is 12.8. The molecule has 0 bridgehead atoms. The van der Waals surface area contributed by atoms with Crippen LogP contribution in [0.2, 0.25) is 5.02 Å². The zero-order chi connectivity index (χ0) is 24.5. The molecule has 2 aliphatic heterocycles. The van der Waals surface area contributed by atoms with Gasteiger partial charge < -0.3 is 10.1 Å². The van der Waals surface area contributed by atoms with Crippen molar-refractivity contribution in [1.29, 1.82) is 0 Å². The highest BCUT2D eigenvalue weighted by Gasteiger charge is 2.72. The summed E-state index contributed by atoms with van der Waals surface area (Å²) in [7, 11) is 0. The summed E-state index contributed by atoms with van der Waals surface area (Å²) in [5, 5.41) is 4.07. The first-order valence-electron chi connectivity index (χ1n) is 12.2. The van der Waals surface area contributed by atoms with Gasteiger partial charge >= 0.3 is 0 Å². The Bertz CT molecular complexity index is 1340. The van der Waals surface area contributed by atoms with E-state index < -0.39 is 0 Å². The molecule has 182 valence electrons. The molecule has 6 nitrogen and oxygen atoms in total. The largest absolute Gasteiger partial charge is 0.488 e. The summed E-state index contributed by atoms with van der Waals surface area (Å²) in [6.45, 7) is 8.18. The number of pyridine rings is 1. The second kappa shape index (κ2) is 8.29. The van der Waals surface area contributed by atoms with Crippen molar-refractivity contribution in [1.82, 2.24) is 15.2 Å². The first kappa shape index (κ1) is 23.0. The van der Waals surface area contributed by atoms with Crippen LogP contribution in [0.4, 0.5) is 0 Å². The van der Waals surface area contributed by atoms with E-state index in [4.69, 9.17) is 16.3 Å². The number of ether oxygens (including phenoxy) is 1. The lowest BCUT2D eigenvalue weighted by Crippen LogP contribution is -2.37. The van der Waals surface area contributed by atoms with Gasteiger partial charge in [0.25, 0.3) is 0 Å². The van der Waals surface area contributed by atoms with Gasteiger partial charge in [0, 0.05) is 33.8 Å². The Balaban J connectivity index is 1.35. The molecule has 6 rings (SSSR count). The summed E-state index contributed by atoms with van der Waals surface area (Å²) in [4.78, 5) is 32.6. The predicted octanol–water partition coefficient (Wildman–Crippen LogP) is 5.20. The van der Waals surface area contributed by atoms with Crippen LogP contribution < -0.4 is 10.1 Å². The van der Waals surface area contributed by atoms with E-state index in [-0.39, 0.29) is 35.2 Å². The van der Waals surface area contributed by atoms with E-state index in [2.05, 4.69) is 10.3 Å². The van der Waals surface area contributed by atoms with E-state index >= 15 is 0 Å². The van der Waals surface area contributed by atoms with Crippen molar-refractivity contribution in [3.8, 4) is 16.9 Å². The van der Waals surface area contributed by atoms with Gasteiger partial charge in [-0.3, -0.25) is 19.5 Å². The number of hydrogen-bond donors (Lipinski definition) is 1. The molecule has 4 heterocycles. The minimum atomic E-state index is -0.200. The molecule has 1 aliphatic carbocycles. The number of nitrogens with one attached hydrogen (secondary N) is 1. The molecule has 3 atom stereocenters. The average Bonchev–Trinajstić information content (AvgIpc) is 3.07. The Labute approximate surface area is 213 Å². The van der Waals surface area contributed by atoms with Gasteiger partial charge in [-0.05, 0) is 61.6 Å². The van der Waals surface area contributed by atoms with Crippen LogP contribution in [0, 0.1) is 24.2 Å². The summed E-state index contributed by atoms with van der Waals surface area (Å²) >= 11 is 8.07. The minimum absolute atomic E-state index is 0.0436. The molecule has 1 aromatic carbocycles. The highest BCUT2D eigenvalue weighted by atomic mass is 35.5. The molecule has 0 radical (unpaired) electrons. The lowest BCUT2D eigenvalue weighted by molar-refractivity contribution is -0.143. The fourth-order valence-electron chi connectivity index (χ4n) is 5.77. The Hall–Kier alpha value is -2.48. The number of benzene rings is 1. The SMILES string of the molecule is Cc1cc(Cl)cc(-c2ccnc3cc(CN4C(=O)C5C(C4=O)C5(C)C)sc23)c1OC1CCCNC1. The number of hydrogen-bond acceptors (Lipinski definition) is 6. The van der Waals surface area contributed by atoms with Gasteiger partial charge in [0.1, 0.15) is 11.9 Å². The number of amides is 2. The molecule has 2 aromatic heterocycles. The summed E-state index contributed by atoms with van der Waals surface area (Å²) < 4.78 is 7.52. The van der Waals surface area contributed by atoms with Crippen molar-refractivity contribution < 1.29 is 14.3 Å². The number of carbonyl (C=O) groups excluding carboxylic acids is 2. The third-order valence-corrected chi connectivity index (χ3v) is 9.09. The number of piperidine rings is 2. The fraction of sp³-hybridized carbons (Fsp3) is 0.444. The van der Waals surface area contributed by atoms with Crippen molar-refractivity contribution in [2.24, 2.45) is 17.3 Å². The molecule has 2 amide bonds. The van der Waals surface area contributed by atoms with Crippen molar-refractivity contribution in [2.45, 2.75) is 46.3 Å². The second-order valence-electron chi connectivity index (χ2n) is 10.5. The number of aromatic nitrogens is 1. The van der Waals surface area contributed by atoms with Gasteiger partial charge in [-0.1, -0.05) is 25.4 Å². The molecule has 0 spiro atoms. The number of fused-ring (bicyclic) bond motifs is 2. The third kappa shape index (κ3) is 3.76. The molecule has 3 fully saturated rings. The first-order valence-corrected chi connectivity index (χ1v) is 13.4. The van der Waals surface area contributed by atoms with E-state index in [1.165, 1.54) is 4.90 Å². The van der Waals surface area contributed by atoms with Crippen LogP contribution in [0.3, 0.4) is 0 Å². The molecule has 1 saturated carbocycles. The van der Waals surface area contributed by atoms with E-state index in [1.54, 1.807) is 17.5 Å². The second-order valence-corrected chi connectivity index (χ2v) is 12.1. The highest BCUT2D eigenvalue weighted by molar-refractivity contribution is 7.19. The number of rotatable bonds is 5. The van der Waals surface area contributed by atoms with E-state index in [0.29, 0.717) is 11.6 Å². The molecule has 2 saturated heterocycles. The number of nitrogens with zero attached hydrogens (tertiary/aromatic N) is 2. The smallest absolute Gasteiger partial charge is 0.234 e. The van der Waals surface area contributed by atoms with Crippen LogP contribution >= 0.6 is 22.9 Å². The van der Waals surface area contributed by atoms with Crippen LogP contribution in [0.1, 0.15) is 37.1 Å². The highest BCUT2D eigenvalue weighted by Crippen LogP contribution is 2.63. The van der Waals surface area contributed by atoms with Crippen LogP contribution in [0.15, 0.2) is 30.5 Å². The van der Waals surface area contributed by atoms with Crippen molar-refractivity contribution >= 4 is 45.0 Å². The van der Waals surface area contributed by atoms with Gasteiger partial charge in [0.05, 0.1) is 28.6 Å². The van der Waals surface area contributed by atoms with Crippen molar-refractivity contribution in [2.75, 3.05) is 13.1 Å². The summed E-state index contributed by atoms with van der Waals surface area (Å²) in [5.41, 5.74) is 3.58. The number of aryl methyl sites for hydroxylation is 1. The average molecular weight is 510 g/mol. The van der Waals surface area contributed by atoms with E-state index in [0.717, 1.165) is 63.5 Å². The fourth-order valence-corrected chi connectivity index (χ4v) is 7.17. The van der Waals surface area contributed by atoms with E-state index in [1.807, 2.05) is 45.0 Å². The standard InChI is InChI=1S/C27H28ClN3O3S/c1-14-9-15(28)10-19(23(14)34-16-5-4-7-29-12-16)18-6-8-30-20-11-17(35-24(18)20)13-31-25(32)21-22(26(31)33)27(21,2)3/h6,8-11,16,21-22,29H,4-5,7,12-13H2,1-3H3. The molecule has 1 N–H and O–H groups in total. The Morgan fingerprint density at radius 2 is 1.97 bits per heavy atom. The van der Waals surface area contributed by atoms with Crippen LogP contribution in [0.25, 0.3) is 21.3 Å². The zero-order valence-corrected chi connectivity index (χ0v) is 21.6. The Morgan fingerprint density at radius 1 is 1.20 bits per heavy atom. The molecule has 3 unspecified atom stereocenters. The topological polar surface area (TPSA) is 71.5 Å². The van der Waals surface area contributed by atoms with Gasteiger partial charge in [-0.25, -0.2) is 0 Å². The number of likely N-dealkylation sites (tertiary alicyclic amines) is 1. The predicted molar refractivity (Wildman–Crippen MR) is 138 cm³/mol. The maximum absolute atomic E-state index is 12.8. The molecular weight excluding hydrogens is 482 g/mol. The number of halogens is 1. The zero-order valence-electron chi connectivity index (χ0n) is 20.1. The molecule has 8 heteroatoms. The van der Waals surface area contributed by atoms with Crippen molar-refractivity contribution in [3.63, 3.8) is 0 Å². The third-order valence-electron chi connectivity index (χ3n) is 7.73. The van der Waals surface area contributed by atoms with Gasteiger partial charge in [-0.2, -0.15) is 0 Å². The Kier molecular flexibility index (Phi) is 5.43. The normalized spacial score (nSPS) is 25.3. The lowest BCUT2D eigenvalue weighted by atomic mass is 10.0. The monoisotopic (exact) mass is 509 g/mol. The quantitative estimate of drug-likeness (QED) is 0.479. The molecule has 35 heavy (non-hydrogen) atoms. The van der Waals surface area contributed by atoms with Gasteiger partial charge in [-0.15, -0.1) is 11.3 Å². The van der Waals surface area contributed by atoms with Crippen LogP contribution in [-0.4, -0.2) is 40.9 Å². The number of thiophene rings is 1. The molecule has 3 aromatic rings. The Morgan fingerprint density at radius 3 is 2.69 bits per heavy atom. The van der Waals surface area contributed by atoms with Gasteiger partial charge in [0.2, 0.25) is 11.8 Å².